The molecule has 0 aliphatic rings. The first-order valence-corrected chi connectivity index (χ1v) is 10.6. The molecule has 4 aromatic rings. The number of halogens is 1. The van der Waals surface area contributed by atoms with Crippen molar-refractivity contribution in [1.82, 2.24) is 30.1 Å². The molecule has 2 N–H and O–H groups in total. The summed E-state index contributed by atoms with van der Waals surface area (Å²) in [6.07, 6.45) is 1.67. The molecule has 2 heterocycles. The van der Waals surface area contributed by atoms with E-state index in [9.17, 15) is 0 Å². The number of likely N-dealkylation sites (N-methyl/N-ethyl adjacent to an activating group) is 1. The topological polar surface area (TPSA) is 104 Å². The third kappa shape index (κ3) is 4.67. The average molecular weight is 464 g/mol. The molecule has 0 spiro atoms. The van der Waals surface area contributed by atoms with Crippen molar-refractivity contribution in [1.29, 1.82) is 0 Å². The van der Waals surface area contributed by atoms with E-state index in [-0.39, 0.29) is 17.3 Å². The molecule has 34 heavy (non-hydrogen) atoms. The van der Waals surface area contributed by atoms with Gasteiger partial charge in [-0.1, -0.05) is 12.1 Å². The highest BCUT2D eigenvalue weighted by molar-refractivity contribution is 5.76. The van der Waals surface area contributed by atoms with E-state index < -0.39 is 5.82 Å². The van der Waals surface area contributed by atoms with Crippen LogP contribution in [0, 0.1) is 12.7 Å². The van der Waals surface area contributed by atoms with E-state index in [1.807, 2.05) is 49.3 Å². The summed E-state index contributed by atoms with van der Waals surface area (Å²) >= 11 is 0. The Morgan fingerprint density at radius 2 is 1.85 bits per heavy atom. The van der Waals surface area contributed by atoms with Crippen LogP contribution in [0.2, 0.25) is 0 Å². The van der Waals surface area contributed by atoms with Crippen molar-refractivity contribution in [3.05, 3.63) is 60.0 Å². The lowest BCUT2D eigenvalue weighted by Gasteiger charge is -2.15. The number of hydrogen-bond acceptors (Lipinski definition) is 8. The molecule has 0 saturated heterocycles. The third-order valence-corrected chi connectivity index (χ3v) is 5.39. The quantitative estimate of drug-likeness (QED) is 0.424. The number of nitrogen functional groups attached to an aromatic ring is 1. The van der Waals surface area contributed by atoms with Gasteiger partial charge in [0.1, 0.15) is 29.6 Å². The van der Waals surface area contributed by atoms with E-state index in [4.69, 9.17) is 15.2 Å². The average Bonchev–Trinajstić information content (AvgIpc) is 3.31. The Morgan fingerprint density at radius 3 is 2.56 bits per heavy atom. The van der Waals surface area contributed by atoms with Crippen LogP contribution in [0.5, 0.6) is 11.5 Å². The second kappa shape index (κ2) is 9.84. The Morgan fingerprint density at radius 1 is 1.09 bits per heavy atom. The molecule has 10 heteroatoms. The van der Waals surface area contributed by atoms with E-state index in [1.54, 1.807) is 32.4 Å². The lowest BCUT2D eigenvalue weighted by atomic mass is 10.0. The molecule has 0 atom stereocenters. The second-order valence-electron chi connectivity index (χ2n) is 7.97. The number of aromatic nitrogens is 5. The Kier molecular flexibility index (Phi) is 6.69. The van der Waals surface area contributed by atoms with E-state index in [0.717, 1.165) is 23.4 Å². The van der Waals surface area contributed by atoms with Crippen molar-refractivity contribution < 1.29 is 13.9 Å². The zero-order valence-electron chi connectivity index (χ0n) is 19.5. The SMILES string of the molecule is COc1ccc(-c2cnc(N)c(-c3nnnn3-c3ccc(OCCN(C)C)c(C)c3F)c2)cc1. The Labute approximate surface area is 196 Å². The molecule has 4 rings (SSSR count). The van der Waals surface area contributed by atoms with Crippen LogP contribution in [0.3, 0.4) is 0 Å². The Hall–Kier alpha value is -4.05. The molecule has 0 aliphatic heterocycles. The van der Waals surface area contributed by atoms with E-state index in [1.165, 1.54) is 4.68 Å². The van der Waals surface area contributed by atoms with Crippen molar-refractivity contribution in [2.45, 2.75) is 6.92 Å². The number of hydrogen-bond donors (Lipinski definition) is 1. The third-order valence-electron chi connectivity index (χ3n) is 5.39. The zero-order valence-corrected chi connectivity index (χ0v) is 19.5. The maximum absolute atomic E-state index is 15.4. The fourth-order valence-electron chi connectivity index (χ4n) is 3.42. The standard InChI is InChI=1S/C24H26FN7O2/c1-15-21(34-12-11-31(2)3)10-9-20(22(15)25)32-24(28-29-30-32)19-13-17(14-27-23(19)26)16-5-7-18(33-4)8-6-16/h5-10,13-14H,11-12H2,1-4H3,(H2,26,27). The van der Waals surface area contributed by atoms with E-state index in [0.29, 0.717) is 23.5 Å². The molecule has 0 amide bonds. The van der Waals surface area contributed by atoms with Gasteiger partial charge in [-0.2, -0.15) is 4.68 Å². The molecule has 0 fully saturated rings. The van der Waals surface area contributed by atoms with Gasteiger partial charge >= 0.3 is 0 Å². The predicted octanol–water partition coefficient (Wildman–Crippen LogP) is 3.37. The van der Waals surface area contributed by atoms with Gasteiger partial charge in [-0.15, -0.1) is 5.10 Å². The largest absolute Gasteiger partial charge is 0.497 e. The molecule has 0 radical (unpaired) electrons. The summed E-state index contributed by atoms with van der Waals surface area (Å²) in [7, 11) is 5.51. The molecule has 176 valence electrons. The number of nitrogens with two attached hydrogens (primary N) is 1. The monoisotopic (exact) mass is 463 g/mol. The summed E-state index contributed by atoms with van der Waals surface area (Å²) in [6, 6.07) is 12.7. The highest BCUT2D eigenvalue weighted by Gasteiger charge is 2.20. The number of benzene rings is 2. The molecular formula is C24H26FN7O2. The van der Waals surface area contributed by atoms with Gasteiger partial charge in [-0.05, 0) is 67.3 Å². The normalized spacial score (nSPS) is 11.1. The highest BCUT2D eigenvalue weighted by Crippen LogP contribution is 2.32. The first-order valence-electron chi connectivity index (χ1n) is 10.6. The molecule has 9 nitrogen and oxygen atoms in total. The minimum Gasteiger partial charge on any atom is -0.497 e. The number of rotatable bonds is 8. The Bertz CT molecular complexity index is 1290. The number of tetrazole rings is 1. The van der Waals surface area contributed by atoms with Crippen LogP contribution in [0.15, 0.2) is 48.7 Å². The number of anilines is 1. The van der Waals surface area contributed by atoms with Crippen LogP contribution in [-0.4, -0.2) is 64.4 Å². The summed E-state index contributed by atoms with van der Waals surface area (Å²) in [5, 5.41) is 11.9. The minimum absolute atomic E-state index is 0.187. The van der Waals surface area contributed by atoms with Gasteiger partial charge in [-0.25, -0.2) is 9.37 Å². The summed E-state index contributed by atoms with van der Waals surface area (Å²) < 4.78 is 27.6. The molecule has 0 unspecified atom stereocenters. The number of methoxy groups -OCH3 is 1. The fourth-order valence-corrected chi connectivity index (χ4v) is 3.42. The molecule has 0 bridgehead atoms. The molecular weight excluding hydrogens is 437 g/mol. The van der Waals surface area contributed by atoms with E-state index in [2.05, 4.69) is 20.5 Å². The number of nitrogens with zero attached hydrogens (tertiary/aromatic N) is 6. The summed E-state index contributed by atoms with van der Waals surface area (Å²) in [4.78, 5) is 6.30. The van der Waals surface area contributed by atoms with Gasteiger partial charge in [0.05, 0.1) is 12.7 Å². The van der Waals surface area contributed by atoms with Gasteiger partial charge in [0.15, 0.2) is 11.6 Å². The summed E-state index contributed by atoms with van der Waals surface area (Å²) in [5.41, 5.74) is 8.93. The lowest BCUT2D eigenvalue weighted by Crippen LogP contribution is -2.19. The second-order valence-corrected chi connectivity index (χ2v) is 7.97. The lowest BCUT2D eigenvalue weighted by molar-refractivity contribution is 0.259. The van der Waals surface area contributed by atoms with E-state index >= 15 is 4.39 Å². The molecule has 2 aromatic carbocycles. The maximum Gasteiger partial charge on any atom is 0.190 e. The Balaban J connectivity index is 1.70. The summed E-state index contributed by atoms with van der Waals surface area (Å²) in [5.74, 6) is 1.25. The first kappa shape index (κ1) is 23.1. The van der Waals surface area contributed by atoms with Gasteiger partial charge in [0, 0.05) is 23.9 Å². The molecule has 2 aromatic heterocycles. The zero-order chi connectivity index (χ0) is 24.2. The van der Waals surface area contributed by atoms with Gasteiger partial charge < -0.3 is 20.1 Å². The van der Waals surface area contributed by atoms with Crippen molar-refractivity contribution in [2.75, 3.05) is 40.1 Å². The smallest absolute Gasteiger partial charge is 0.190 e. The molecule has 0 saturated carbocycles. The first-order chi connectivity index (χ1) is 16.4. The highest BCUT2D eigenvalue weighted by atomic mass is 19.1. The van der Waals surface area contributed by atoms with Crippen LogP contribution in [0.4, 0.5) is 10.2 Å². The van der Waals surface area contributed by atoms with Crippen molar-refractivity contribution in [3.8, 4) is 39.7 Å². The van der Waals surface area contributed by atoms with Gasteiger partial charge in [0.2, 0.25) is 0 Å². The van der Waals surface area contributed by atoms with Crippen molar-refractivity contribution in [3.63, 3.8) is 0 Å². The number of ether oxygens (including phenoxy) is 2. The summed E-state index contributed by atoms with van der Waals surface area (Å²) in [6.45, 7) is 2.83. The van der Waals surface area contributed by atoms with Crippen molar-refractivity contribution >= 4 is 5.82 Å². The van der Waals surface area contributed by atoms with Gasteiger partial charge in [0.25, 0.3) is 0 Å². The van der Waals surface area contributed by atoms with Crippen LogP contribution in [0.1, 0.15) is 5.56 Å². The van der Waals surface area contributed by atoms with Crippen LogP contribution >= 0.6 is 0 Å². The molecule has 0 aliphatic carbocycles. The minimum atomic E-state index is -0.478. The maximum atomic E-state index is 15.4. The van der Waals surface area contributed by atoms with Gasteiger partial charge in [-0.3, -0.25) is 0 Å². The van der Waals surface area contributed by atoms with Crippen LogP contribution < -0.4 is 15.2 Å². The predicted molar refractivity (Wildman–Crippen MR) is 128 cm³/mol. The van der Waals surface area contributed by atoms with Crippen LogP contribution in [0.25, 0.3) is 28.2 Å². The van der Waals surface area contributed by atoms with Crippen molar-refractivity contribution in [2.24, 2.45) is 0 Å². The number of pyridine rings is 1. The van der Waals surface area contributed by atoms with Crippen LogP contribution in [-0.2, 0) is 0 Å². The fraction of sp³-hybridized carbons (Fsp3) is 0.250.